The second-order valence-corrected chi connectivity index (χ2v) is 7.30. The van der Waals surface area contributed by atoms with E-state index in [0.717, 1.165) is 6.42 Å². The molecule has 0 aromatic heterocycles. The molecule has 0 aliphatic carbocycles. The van der Waals surface area contributed by atoms with E-state index in [2.05, 4.69) is 28.6 Å². The summed E-state index contributed by atoms with van der Waals surface area (Å²) >= 11 is 4.03. The average Bonchev–Trinajstić information content (AvgIpc) is 2.62. The van der Waals surface area contributed by atoms with Crippen LogP contribution in [-0.4, -0.2) is 65.3 Å². The molecule has 8 N–H and O–H groups in total. The summed E-state index contributed by atoms with van der Waals surface area (Å²) in [6, 6.07) is -3.82. The van der Waals surface area contributed by atoms with Gasteiger partial charge in [-0.2, -0.15) is 12.6 Å². The highest BCUT2D eigenvalue weighted by Gasteiger charge is 2.29. The van der Waals surface area contributed by atoms with Crippen molar-refractivity contribution in [2.45, 2.75) is 64.2 Å². The number of carboxylic acid groups (broad SMARTS) is 1. The molecule has 0 aromatic rings. The van der Waals surface area contributed by atoms with Crippen molar-refractivity contribution in [2.24, 2.45) is 17.4 Å². The van der Waals surface area contributed by atoms with E-state index < -0.39 is 47.9 Å². The average molecular weight is 420 g/mol. The molecule has 0 rings (SSSR count). The van der Waals surface area contributed by atoms with Gasteiger partial charge in [-0.1, -0.05) is 20.3 Å². The van der Waals surface area contributed by atoms with Crippen LogP contribution < -0.4 is 27.4 Å². The first-order valence-electron chi connectivity index (χ1n) is 9.25. The van der Waals surface area contributed by atoms with Gasteiger partial charge in [-0.15, -0.1) is 0 Å². The Morgan fingerprint density at radius 2 is 1.57 bits per heavy atom. The Morgan fingerprint density at radius 3 is 2.04 bits per heavy atom. The number of rotatable bonds is 13. The molecule has 162 valence electrons. The fourth-order valence-corrected chi connectivity index (χ4v) is 2.54. The fraction of sp³-hybridized carbons (Fsp3) is 0.765. The van der Waals surface area contributed by atoms with E-state index >= 15 is 0 Å². The van der Waals surface area contributed by atoms with Crippen molar-refractivity contribution in [3.05, 3.63) is 0 Å². The topological polar surface area (TPSA) is 177 Å². The third-order valence-corrected chi connectivity index (χ3v) is 4.47. The molecule has 0 radical (unpaired) electrons. The number of amides is 3. The molecule has 11 heteroatoms. The van der Waals surface area contributed by atoms with Crippen LogP contribution >= 0.6 is 12.6 Å². The molecule has 0 aromatic carbocycles. The van der Waals surface area contributed by atoms with Gasteiger partial charge in [0.25, 0.3) is 0 Å². The number of aliphatic carboxylic acids is 1. The van der Waals surface area contributed by atoms with Crippen molar-refractivity contribution < 1.29 is 24.3 Å². The smallest absolute Gasteiger partial charge is 0.326 e. The number of nitrogens with one attached hydrogen (secondary N) is 3. The summed E-state index contributed by atoms with van der Waals surface area (Å²) in [5, 5.41) is 16.5. The van der Waals surface area contributed by atoms with Gasteiger partial charge in [0.1, 0.15) is 18.1 Å². The van der Waals surface area contributed by atoms with Crippen LogP contribution in [0.2, 0.25) is 0 Å². The minimum absolute atomic E-state index is 0.0404. The number of hydrogen-bond donors (Lipinski definition) is 7. The van der Waals surface area contributed by atoms with Gasteiger partial charge in [-0.3, -0.25) is 14.4 Å². The van der Waals surface area contributed by atoms with Gasteiger partial charge in [0.2, 0.25) is 17.7 Å². The quantitative estimate of drug-likeness (QED) is 0.142. The highest BCUT2D eigenvalue weighted by Crippen LogP contribution is 2.03. The fourth-order valence-electron chi connectivity index (χ4n) is 2.28. The summed E-state index contributed by atoms with van der Waals surface area (Å²) in [5.41, 5.74) is 11.2. The van der Waals surface area contributed by atoms with Crippen molar-refractivity contribution >= 4 is 36.3 Å². The van der Waals surface area contributed by atoms with Gasteiger partial charge in [0, 0.05) is 5.75 Å². The molecule has 0 heterocycles. The third kappa shape index (κ3) is 9.38. The second-order valence-electron chi connectivity index (χ2n) is 6.93. The Hall–Kier alpha value is -1.85. The maximum absolute atomic E-state index is 12.3. The Kier molecular flexibility index (Phi) is 12.5. The number of nitrogens with two attached hydrogens (primary N) is 2. The summed E-state index contributed by atoms with van der Waals surface area (Å²) in [7, 11) is 0. The van der Waals surface area contributed by atoms with Gasteiger partial charge < -0.3 is 32.5 Å². The molecular formula is C17H33N5O5S. The number of carbonyl (C=O) groups is 4. The SMILES string of the molecule is CC(NC(=O)C(N)CCCCN)C(=O)NC(CS)C(=O)NC(C(=O)O)C(C)C. The maximum atomic E-state index is 12.3. The Balaban J connectivity index is 4.71. The predicted octanol–water partition coefficient (Wildman–Crippen LogP) is -1.41. The summed E-state index contributed by atoms with van der Waals surface area (Å²) in [4.78, 5) is 47.8. The molecule has 4 unspecified atom stereocenters. The molecule has 0 spiro atoms. The summed E-state index contributed by atoms with van der Waals surface area (Å²) in [5.74, 6) is -3.29. The van der Waals surface area contributed by atoms with E-state index in [9.17, 15) is 19.2 Å². The lowest BCUT2D eigenvalue weighted by Crippen LogP contribution is -2.57. The Bertz CT molecular complexity index is 546. The van der Waals surface area contributed by atoms with Crippen LogP contribution in [0.25, 0.3) is 0 Å². The van der Waals surface area contributed by atoms with E-state index in [4.69, 9.17) is 16.6 Å². The second kappa shape index (κ2) is 13.3. The van der Waals surface area contributed by atoms with E-state index in [1.54, 1.807) is 13.8 Å². The van der Waals surface area contributed by atoms with Crippen molar-refractivity contribution in [3.63, 3.8) is 0 Å². The van der Waals surface area contributed by atoms with Gasteiger partial charge in [0.05, 0.1) is 6.04 Å². The van der Waals surface area contributed by atoms with E-state index in [0.29, 0.717) is 19.4 Å². The lowest BCUT2D eigenvalue weighted by Gasteiger charge is -2.24. The predicted molar refractivity (Wildman–Crippen MR) is 109 cm³/mol. The summed E-state index contributed by atoms with van der Waals surface area (Å²) in [6.07, 6.45) is 1.91. The van der Waals surface area contributed by atoms with Gasteiger partial charge in [0.15, 0.2) is 0 Å². The van der Waals surface area contributed by atoms with Crippen LogP contribution in [-0.2, 0) is 19.2 Å². The Labute approximate surface area is 171 Å². The molecule has 28 heavy (non-hydrogen) atoms. The zero-order valence-corrected chi connectivity index (χ0v) is 17.5. The molecule has 0 aliphatic heterocycles. The first-order chi connectivity index (χ1) is 13.0. The van der Waals surface area contributed by atoms with Crippen LogP contribution in [0.1, 0.15) is 40.0 Å². The lowest BCUT2D eigenvalue weighted by molar-refractivity contribution is -0.143. The normalized spacial score (nSPS) is 15.2. The highest BCUT2D eigenvalue weighted by molar-refractivity contribution is 7.80. The molecule has 4 atom stereocenters. The van der Waals surface area contributed by atoms with Crippen LogP contribution in [0.3, 0.4) is 0 Å². The van der Waals surface area contributed by atoms with Crippen molar-refractivity contribution in [3.8, 4) is 0 Å². The van der Waals surface area contributed by atoms with Gasteiger partial charge in [-0.05, 0) is 32.2 Å². The lowest BCUT2D eigenvalue weighted by atomic mass is 10.0. The molecule has 3 amide bonds. The first kappa shape index (κ1) is 26.1. The number of thiol groups is 1. The van der Waals surface area contributed by atoms with Crippen LogP contribution in [0.5, 0.6) is 0 Å². The van der Waals surface area contributed by atoms with Crippen molar-refractivity contribution in [2.75, 3.05) is 12.3 Å². The summed E-state index contributed by atoms with van der Waals surface area (Å²) < 4.78 is 0. The van der Waals surface area contributed by atoms with Gasteiger partial charge >= 0.3 is 5.97 Å². The van der Waals surface area contributed by atoms with Crippen molar-refractivity contribution in [1.29, 1.82) is 0 Å². The largest absolute Gasteiger partial charge is 0.480 e. The third-order valence-electron chi connectivity index (χ3n) is 4.10. The molecule has 0 saturated heterocycles. The molecule has 0 fully saturated rings. The first-order valence-corrected chi connectivity index (χ1v) is 9.88. The molecular weight excluding hydrogens is 386 g/mol. The number of hydrogen-bond acceptors (Lipinski definition) is 7. The number of unbranched alkanes of at least 4 members (excludes halogenated alkanes) is 1. The highest BCUT2D eigenvalue weighted by atomic mass is 32.1. The van der Waals surface area contributed by atoms with E-state index in [-0.39, 0.29) is 11.7 Å². The number of carboxylic acids is 1. The molecule has 10 nitrogen and oxygen atoms in total. The van der Waals surface area contributed by atoms with E-state index in [1.807, 2.05) is 0 Å². The van der Waals surface area contributed by atoms with Crippen molar-refractivity contribution in [1.82, 2.24) is 16.0 Å². The molecule has 0 aliphatic rings. The standard InChI is InChI=1S/C17H33N5O5S/c1-9(2)13(17(26)27)22-16(25)12(8-28)21-14(23)10(3)20-15(24)11(19)6-4-5-7-18/h9-13,28H,4-8,18-19H2,1-3H3,(H,20,24)(H,21,23)(H,22,25)(H,26,27). The minimum atomic E-state index is -1.17. The minimum Gasteiger partial charge on any atom is -0.480 e. The Morgan fingerprint density at radius 1 is 0.964 bits per heavy atom. The van der Waals surface area contributed by atoms with Gasteiger partial charge in [-0.25, -0.2) is 4.79 Å². The monoisotopic (exact) mass is 419 g/mol. The molecule has 0 saturated carbocycles. The zero-order valence-electron chi connectivity index (χ0n) is 16.6. The zero-order chi connectivity index (χ0) is 21.9. The van der Waals surface area contributed by atoms with E-state index in [1.165, 1.54) is 6.92 Å². The summed E-state index contributed by atoms with van der Waals surface area (Å²) in [6.45, 7) is 5.28. The van der Waals surface area contributed by atoms with Crippen LogP contribution in [0, 0.1) is 5.92 Å². The maximum Gasteiger partial charge on any atom is 0.326 e. The van der Waals surface area contributed by atoms with Crippen LogP contribution in [0.4, 0.5) is 0 Å². The van der Waals surface area contributed by atoms with Crippen LogP contribution in [0.15, 0.2) is 0 Å². The number of carbonyl (C=O) groups excluding carboxylic acids is 3. The molecule has 0 bridgehead atoms.